The highest BCUT2D eigenvalue weighted by Crippen LogP contribution is 2.52. The summed E-state index contributed by atoms with van der Waals surface area (Å²) in [4.78, 5) is 0.801. The van der Waals surface area contributed by atoms with E-state index < -0.39 is 21.7 Å². The second-order valence-corrected chi connectivity index (χ2v) is 6.78. The Bertz CT molecular complexity index is 576. The van der Waals surface area contributed by atoms with Crippen LogP contribution in [0.1, 0.15) is 24.5 Å². The van der Waals surface area contributed by atoms with Crippen molar-refractivity contribution in [2.45, 2.75) is 28.6 Å². The molecular weight excluding hydrogens is 256 g/mol. The van der Waals surface area contributed by atoms with Gasteiger partial charge in [0.2, 0.25) is 0 Å². The average molecular weight is 272 g/mol. The smallest absolute Gasteiger partial charge is 0.0965 e. The summed E-state index contributed by atoms with van der Waals surface area (Å²) in [6, 6.07) is 18.9. The van der Waals surface area contributed by atoms with Crippen molar-refractivity contribution in [3.05, 3.63) is 66.2 Å². The highest BCUT2D eigenvalue weighted by molar-refractivity contribution is 7.86. The third kappa shape index (κ3) is 2.24. The zero-order chi connectivity index (χ0) is 13.3. The lowest BCUT2D eigenvalue weighted by atomic mass is 10.1. The van der Waals surface area contributed by atoms with E-state index in [1.807, 2.05) is 60.7 Å². The first-order chi connectivity index (χ1) is 9.24. The summed E-state index contributed by atoms with van der Waals surface area (Å²) >= 11 is 0. The standard InChI is InChI=1S/C16H16O2S/c17-15(13-7-3-1-4-8-13)16(11-12-16)19(18)14-9-5-2-6-10-14/h1-10,15,17H,11-12H2. The molecule has 2 atom stereocenters. The van der Waals surface area contributed by atoms with Gasteiger partial charge in [-0.1, -0.05) is 48.5 Å². The van der Waals surface area contributed by atoms with Gasteiger partial charge in [0.15, 0.2) is 0 Å². The highest BCUT2D eigenvalue weighted by Gasteiger charge is 2.55. The Balaban J connectivity index is 1.90. The van der Waals surface area contributed by atoms with Gasteiger partial charge in [-0.15, -0.1) is 0 Å². The van der Waals surface area contributed by atoms with Gasteiger partial charge in [-0.25, -0.2) is 0 Å². The number of benzene rings is 2. The van der Waals surface area contributed by atoms with Gasteiger partial charge < -0.3 is 5.11 Å². The van der Waals surface area contributed by atoms with Crippen molar-refractivity contribution in [3.8, 4) is 0 Å². The van der Waals surface area contributed by atoms with Gasteiger partial charge in [0, 0.05) is 4.90 Å². The summed E-state index contributed by atoms with van der Waals surface area (Å²) in [6.07, 6.45) is 0.963. The van der Waals surface area contributed by atoms with Crippen LogP contribution in [-0.2, 0) is 10.8 Å². The summed E-state index contributed by atoms with van der Waals surface area (Å²) in [5.74, 6) is 0. The van der Waals surface area contributed by atoms with Crippen LogP contribution in [0.4, 0.5) is 0 Å². The first-order valence-electron chi connectivity index (χ1n) is 6.44. The van der Waals surface area contributed by atoms with Gasteiger partial charge in [-0.2, -0.15) is 0 Å². The minimum absolute atomic E-state index is 0.497. The quantitative estimate of drug-likeness (QED) is 0.928. The molecule has 0 aromatic heterocycles. The van der Waals surface area contributed by atoms with E-state index in [0.29, 0.717) is 0 Å². The largest absolute Gasteiger partial charge is 0.387 e. The number of aliphatic hydroxyl groups excluding tert-OH is 1. The molecule has 0 amide bonds. The van der Waals surface area contributed by atoms with E-state index in [0.717, 1.165) is 23.3 Å². The van der Waals surface area contributed by atoms with Crippen LogP contribution >= 0.6 is 0 Å². The number of rotatable bonds is 4. The normalized spacial score (nSPS) is 19.6. The first-order valence-corrected chi connectivity index (χ1v) is 7.59. The zero-order valence-electron chi connectivity index (χ0n) is 10.5. The van der Waals surface area contributed by atoms with Crippen LogP contribution in [0.25, 0.3) is 0 Å². The van der Waals surface area contributed by atoms with Crippen molar-refractivity contribution in [3.63, 3.8) is 0 Å². The Morgan fingerprint density at radius 3 is 2.00 bits per heavy atom. The van der Waals surface area contributed by atoms with Crippen LogP contribution in [0.2, 0.25) is 0 Å². The Hall–Kier alpha value is -1.45. The molecule has 2 aromatic carbocycles. The molecule has 0 heterocycles. The molecule has 98 valence electrons. The van der Waals surface area contributed by atoms with Crippen molar-refractivity contribution in [1.82, 2.24) is 0 Å². The molecule has 0 radical (unpaired) electrons. The van der Waals surface area contributed by atoms with E-state index >= 15 is 0 Å². The van der Waals surface area contributed by atoms with E-state index in [2.05, 4.69) is 0 Å². The lowest BCUT2D eigenvalue weighted by Crippen LogP contribution is -2.26. The van der Waals surface area contributed by atoms with Crippen molar-refractivity contribution in [2.75, 3.05) is 0 Å². The van der Waals surface area contributed by atoms with E-state index in [4.69, 9.17) is 0 Å². The second-order valence-electron chi connectivity index (χ2n) is 4.96. The molecule has 3 rings (SSSR count). The second kappa shape index (κ2) is 4.91. The third-order valence-electron chi connectivity index (χ3n) is 3.68. The molecule has 1 saturated carbocycles. The number of hydrogen-bond donors (Lipinski definition) is 1. The predicted molar refractivity (Wildman–Crippen MR) is 76.2 cm³/mol. The summed E-state index contributed by atoms with van der Waals surface area (Å²) in [6.45, 7) is 0. The fourth-order valence-electron chi connectivity index (χ4n) is 2.40. The fraction of sp³-hybridized carbons (Fsp3) is 0.250. The maximum Gasteiger partial charge on any atom is 0.0965 e. The van der Waals surface area contributed by atoms with Crippen LogP contribution < -0.4 is 0 Å². The van der Waals surface area contributed by atoms with Gasteiger partial charge in [0.05, 0.1) is 21.7 Å². The molecule has 1 N–H and O–H groups in total. The average Bonchev–Trinajstić information content (AvgIpc) is 3.29. The minimum atomic E-state index is -1.16. The SMILES string of the molecule is O=S(c1ccccc1)C1(C(O)c2ccccc2)CC1. The topological polar surface area (TPSA) is 37.3 Å². The lowest BCUT2D eigenvalue weighted by Gasteiger charge is -2.22. The van der Waals surface area contributed by atoms with Gasteiger partial charge in [-0.05, 0) is 30.5 Å². The molecule has 1 aliphatic carbocycles. The maximum atomic E-state index is 12.7. The van der Waals surface area contributed by atoms with Gasteiger partial charge in [0.1, 0.15) is 0 Å². The number of hydrogen-bond acceptors (Lipinski definition) is 2. The van der Waals surface area contributed by atoms with Crippen LogP contribution in [0, 0.1) is 0 Å². The molecule has 0 spiro atoms. The molecule has 2 unspecified atom stereocenters. The van der Waals surface area contributed by atoms with Gasteiger partial charge >= 0.3 is 0 Å². The summed E-state index contributed by atoms with van der Waals surface area (Å²) in [5.41, 5.74) is 0.851. The maximum absolute atomic E-state index is 12.7. The van der Waals surface area contributed by atoms with Crippen LogP contribution in [-0.4, -0.2) is 14.1 Å². The molecule has 2 nitrogen and oxygen atoms in total. The molecule has 3 heteroatoms. The molecule has 0 saturated heterocycles. The summed E-state index contributed by atoms with van der Waals surface area (Å²) in [5, 5.41) is 10.5. The van der Waals surface area contributed by atoms with Crippen LogP contribution in [0.15, 0.2) is 65.6 Å². The first kappa shape index (κ1) is 12.6. The van der Waals surface area contributed by atoms with Crippen molar-refractivity contribution >= 4 is 10.8 Å². The van der Waals surface area contributed by atoms with Gasteiger partial charge in [-0.3, -0.25) is 4.21 Å². The summed E-state index contributed by atoms with van der Waals surface area (Å²) < 4.78 is 12.2. The Morgan fingerprint density at radius 1 is 0.947 bits per heavy atom. The molecule has 0 bridgehead atoms. The fourth-order valence-corrected chi connectivity index (χ4v) is 4.09. The number of aliphatic hydroxyl groups is 1. The van der Waals surface area contributed by atoms with Crippen molar-refractivity contribution in [2.24, 2.45) is 0 Å². The van der Waals surface area contributed by atoms with Crippen LogP contribution in [0.3, 0.4) is 0 Å². The van der Waals surface area contributed by atoms with E-state index in [1.165, 1.54) is 0 Å². The van der Waals surface area contributed by atoms with E-state index in [-0.39, 0.29) is 0 Å². The van der Waals surface area contributed by atoms with Crippen molar-refractivity contribution in [1.29, 1.82) is 0 Å². The van der Waals surface area contributed by atoms with Crippen LogP contribution in [0.5, 0.6) is 0 Å². The van der Waals surface area contributed by atoms with Crippen molar-refractivity contribution < 1.29 is 9.32 Å². The Kier molecular flexibility index (Phi) is 3.25. The highest BCUT2D eigenvalue weighted by atomic mass is 32.2. The molecule has 1 fully saturated rings. The Morgan fingerprint density at radius 2 is 1.47 bits per heavy atom. The monoisotopic (exact) mass is 272 g/mol. The Labute approximate surface area is 115 Å². The molecule has 2 aromatic rings. The molecular formula is C16H16O2S. The third-order valence-corrected chi connectivity index (χ3v) is 5.75. The zero-order valence-corrected chi connectivity index (χ0v) is 11.3. The molecule has 1 aliphatic rings. The minimum Gasteiger partial charge on any atom is -0.387 e. The lowest BCUT2D eigenvalue weighted by molar-refractivity contribution is 0.165. The van der Waals surface area contributed by atoms with E-state index in [9.17, 15) is 9.32 Å². The summed E-state index contributed by atoms with van der Waals surface area (Å²) in [7, 11) is -1.16. The van der Waals surface area contributed by atoms with Gasteiger partial charge in [0.25, 0.3) is 0 Å². The molecule has 19 heavy (non-hydrogen) atoms. The predicted octanol–water partition coefficient (Wildman–Crippen LogP) is 3.06. The van der Waals surface area contributed by atoms with E-state index in [1.54, 1.807) is 0 Å². The molecule has 0 aliphatic heterocycles.